The standard InChI is InChI=1S/C15H14Cl4N2O3/c16-11-8-10(22-7-3-13(18)19)9-12(17)15(11)24-6-1-5-23-14-2-4-20-21-14/h2-4,8-9H,1,5-7H2,(H,20,21). The average molecular weight is 412 g/mol. The van der Waals surface area contributed by atoms with Crippen LogP contribution in [0.1, 0.15) is 6.42 Å². The first-order valence-corrected chi connectivity index (χ1v) is 8.46. The Labute approximate surface area is 159 Å². The molecule has 130 valence electrons. The number of hydrogen-bond acceptors (Lipinski definition) is 4. The van der Waals surface area contributed by atoms with Crippen LogP contribution in [-0.4, -0.2) is 30.0 Å². The van der Waals surface area contributed by atoms with Gasteiger partial charge in [-0.2, -0.15) is 0 Å². The molecule has 1 aromatic carbocycles. The number of halogens is 4. The van der Waals surface area contributed by atoms with Crippen LogP contribution >= 0.6 is 46.4 Å². The van der Waals surface area contributed by atoms with Crippen LogP contribution in [0.4, 0.5) is 0 Å². The smallest absolute Gasteiger partial charge is 0.232 e. The van der Waals surface area contributed by atoms with Crippen LogP contribution in [0, 0.1) is 0 Å². The summed E-state index contributed by atoms with van der Waals surface area (Å²) in [6.07, 6.45) is 3.84. The maximum Gasteiger partial charge on any atom is 0.232 e. The number of nitrogens with zero attached hydrogens (tertiary/aromatic N) is 1. The highest BCUT2D eigenvalue weighted by molar-refractivity contribution is 6.55. The van der Waals surface area contributed by atoms with Crippen molar-refractivity contribution < 1.29 is 14.2 Å². The molecule has 1 N–H and O–H groups in total. The number of hydrogen-bond donors (Lipinski definition) is 1. The second-order valence-electron chi connectivity index (χ2n) is 4.48. The Morgan fingerprint density at radius 2 is 1.79 bits per heavy atom. The van der Waals surface area contributed by atoms with Crippen molar-refractivity contribution in [3.05, 3.63) is 45.0 Å². The van der Waals surface area contributed by atoms with Crippen molar-refractivity contribution in [1.82, 2.24) is 10.2 Å². The molecule has 9 heteroatoms. The molecule has 2 rings (SSSR count). The van der Waals surface area contributed by atoms with E-state index in [0.717, 1.165) is 0 Å². The molecular formula is C15H14Cl4N2O3. The monoisotopic (exact) mass is 410 g/mol. The van der Waals surface area contributed by atoms with E-state index >= 15 is 0 Å². The largest absolute Gasteiger partial charge is 0.490 e. The molecule has 0 atom stereocenters. The first kappa shape index (κ1) is 19.1. The van der Waals surface area contributed by atoms with Gasteiger partial charge in [0.15, 0.2) is 5.75 Å². The molecule has 24 heavy (non-hydrogen) atoms. The highest BCUT2D eigenvalue weighted by Crippen LogP contribution is 2.37. The second-order valence-corrected chi connectivity index (χ2v) is 6.31. The van der Waals surface area contributed by atoms with E-state index in [1.165, 1.54) is 6.08 Å². The van der Waals surface area contributed by atoms with Crippen LogP contribution in [0.15, 0.2) is 35.0 Å². The predicted octanol–water partition coefficient (Wildman–Crippen LogP) is 5.26. The average Bonchev–Trinajstić information content (AvgIpc) is 3.02. The Morgan fingerprint density at radius 3 is 2.42 bits per heavy atom. The summed E-state index contributed by atoms with van der Waals surface area (Å²) < 4.78 is 16.5. The molecule has 0 aliphatic rings. The molecule has 2 aromatic rings. The van der Waals surface area contributed by atoms with Gasteiger partial charge in [0.1, 0.15) is 16.8 Å². The third-order valence-corrected chi connectivity index (χ3v) is 3.59. The molecule has 0 spiro atoms. The minimum Gasteiger partial charge on any atom is -0.490 e. The van der Waals surface area contributed by atoms with Crippen LogP contribution in [0.3, 0.4) is 0 Å². The molecule has 1 heterocycles. The molecule has 0 aliphatic carbocycles. The molecule has 0 amide bonds. The molecular weight excluding hydrogens is 398 g/mol. The summed E-state index contributed by atoms with van der Waals surface area (Å²) in [5, 5.41) is 7.25. The van der Waals surface area contributed by atoms with Gasteiger partial charge in [0, 0.05) is 30.8 Å². The lowest BCUT2D eigenvalue weighted by Crippen LogP contribution is -2.06. The van der Waals surface area contributed by atoms with Crippen LogP contribution in [0.25, 0.3) is 0 Å². The third kappa shape index (κ3) is 6.32. The van der Waals surface area contributed by atoms with E-state index in [1.54, 1.807) is 24.4 Å². The molecule has 0 fully saturated rings. The van der Waals surface area contributed by atoms with E-state index in [2.05, 4.69) is 10.2 Å². The van der Waals surface area contributed by atoms with Crippen molar-refractivity contribution >= 4 is 46.4 Å². The molecule has 0 saturated heterocycles. The SMILES string of the molecule is ClC(Cl)=CCOc1cc(Cl)c(OCCCOc2cc[nH]n2)c(Cl)c1. The number of nitrogens with one attached hydrogen (secondary N) is 1. The van der Waals surface area contributed by atoms with Gasteiger partial charge in [-0.05, 0) is 6.08 Å². The lowest BCUT2D eigenvalue weighted by atomic mass is 10.3. The molecule has 0 radical (unpaired) electrons. The van der Waals surface area contributed by atoms with E-state index in [1.807, 2.05) is 0 Å². The zero-order valence-electron chi connectivity index (χ0n) is 12.4. The minimum absolute atomic E-state index is 0.129. The summed E-state index contributed by atoms with van der Waals surface area (Å²) in [5.41, 5.74) is 0. The van der Waals surface area contributed by atoms with Gasteiger partial charge in [-0.3, -0.25) is 5.10 Å². The summed E-state index contributed by atoms with van der Waals surface area (Å²) in [6.45, 7) is 1.07. The lowest BCUT2D eigenvalue weighted by Gasteiger charge is -2.12. The molecule has 0 saturated carbocycles. The number of benzene rings is 1. The summed E-state index contributed by atoms with van der Waals surface area (Å²) in [6, 6.07) is 4.96. The normalized spacial score (nSPS) is 10.3. The summed E-state index contributed by atoms with van der Waals surface area (Å²) >= 11 is 23.3. The zero-order chi connectivity index (χ0) is 17.4. The third-order valence-electron chi connectivity index (χ3n) is 2.72. The fraction of sp³-hybridized carbons (Fsp3) is 0.267. The van der Waals surface area contributed by atoms with Crippen LogP contribution in [0.2, 0.25) is 10.0 Å². The number of aromatic amines is 1. The number of rotatable bonds is 9. The van der Waals surface area contributed by atoms with Crippen LogP contribution < -0.4 is 14.2 Å². The highest BCUT2D eigenvalue weighted by Gasteiger charge is 2.10. The minimum atomic E-state index is 0.129. The van der Waals surface area contributed by atoms with Crippen molar-refractivity contribution in [2.24, 2.45) is 0 Å². The first-order valence-electron chi connectivity index (χ1n) is 6.94. The Hall–Kier alpha value is -1.27. The van der Waals surface area contributed by atoms with Gasteiger partial charge in [-0.25, -0.2) is 0 Å². The molecule has 0 aliphatic heterocycles. The van der Waals surface area contributed by atoms with Crippen molar-refractivity contribution in [2.45, 2.75) is 6.42 Å². The molecule has 0 bridgehead atoms. The van der Waals surface area contributed by atoms with E-state index in [4.69, 9.17) is 60.6 Å². The van der Waals surface area contributed by atoms with Crippen molar-refractivity contribution in [2.75, 3.05) is 19.8 Å². The predicted molar refractivity (Wildman–Crippen MR) is 95.9 cm³/mol. The zero-order valence-corrected chi connectivity index (χ0v) is 15.4. The van der Waals surface area contributed by atoms with Crippen molar-refractivity contribution in [3.8, 4) is 17.4 Å². The van der Waals surface area contributed by atoms with Gasteiger partial charge in [-0.15, -0.1) is 5.10 Å². The van der Waals surface area contributed by atoms with Gasteiger partial charge in [0.25, 0.3) is 0 Å². The van der Waals surface area contributed by atoms with Crippen molar-refractivity contribution in [1.29, 1.82) is 0 Å². The Balaban J connectivity index is 1.80. The molecule has 0 unspecified atom stereocenters. The van der Waals surface area contributed by atoms with E-state index in [0.29, 0.717) is 47.1 Å². The number of aromatic nitrogens is 2. The fourth-order valence-corrected chi connectivity index (χ4v) is 2.40. The van der Waals surface area contributed by atoms with Gasteiger partial charge >= 0.3 is 0 Å². The number of ether oxygens (including phenoxy) is 3. The fourth-order valence-electron chi connectivity index (χ4n) is 1.70. The van der Waals surface area contributed by atoms with E-state index < -0.39 is 0 Å². The van der Waals surface area contributed by atoms with Gasteiger partial charge < -0.3 is 14.2 Å². The summed E-state index contributed by atoms with van der Waals surface area (Å²) in [7, 11) is 0. The topological polar surface area (TPSA) is 56.4 Å². The highest BCUT2D eigenvalue weighted by atomic mass is 35.5. The summed E-state index contributed by atoms with van der Waals surface area (Å²) in [5.74, 6) is 1.43. The Bertz CT molecular complexity index is 650. The summed E-state index contributed by atoms with van der Waals surface area (Å²) in [4.78, 5) is 0. The van der Waals surface area contributed by atoms with Crippen molar-refractivity contribution in [3.63, 3.8) is 0 Å². The van der Waals surface area contributed by atoms with Gasteiger partial charge in [-0.1, -0.05) is 46.4 Å². The van der Waals surface area contributed by atoms with E-state index in [-0.39, 0.29) is 11.1 Å². The molecule has 1 aromatic heterocycles. The first-order chi connectivity index (χ1) is 11.6. The molecule has 5 nitrogen and oxygen atoms in total. The van der Waals surface area contributed by atoms with E-state index in [9.17, 15) is 0 Å². The second kappa shape index (κ2) is 9.89. The maximum atomic E-state index is 6.17. The van der Waals surface area contributed by atoms with Crippen LogP contribution in [-0.2, 0) is 0 Å². The van der Waals surface area contributed by atoms with Gasteiger partial charge in [0.05, 0.1) is 23.3 Å². The van der Waals surface area contributed by atoms with Crippen LogP contribution in [0.5, 0.6) is 17.4 Å². The quantitative estimate of drug-likeness (QED) is 0.571. The Kier molecular flexibility index (Phi) is 7.85. The number of H-pyrrole nitrogens is 1. The van der Waals surface area contributed by atoms with Gasteiger partial charge in [0.2, 0.25) is 5.88 Å². The Morgan fingerprint density at radius 1 is 1.08 bits per heavy atom. The maximum absolute atomic E-state index is 6.17. The lowest BCUT2D eigenvalue weighted by molar-refractivity contribution is 0.242.